The summed E-state index contributed by atoms with van der Waals surface area (Å²) < 4.78 is 2.20. The highest BCUT2D eigenvalue weighted by atomic mass is 127. The van der Waals surface area contributed by atoms with E-state index in [2.05, 4.69) is 172 Å². The molecule has 3 N–H and O–H groups in total. The number of hydrogen-bond acceptors (Lipinski definition) is 1. The normalized spacial score (nSPS) is 17.1. The van der Waals surface area contributed by atoms with E-state index < -0.39 is 0 Å². The van der Waals surface area contributed by atoms with Crippen molar-refractivity contribution in [3.8, 4) is 0 Å². The summed E-state index contributed by atoms with van der Waals surface area (Å²) in [5.41, 5.74) is 11.8. The van der Waals surface area contributed by atoms with E-state index in [-0.39, 0.29) is 17.3 Å². The molecule has 2 aromatic carbocycles. The Bertz CT molecular complexity index is 1730. The monoisotopic (exact) mass is 716 g/mol. The summed E-state index contributed by atoms with van der Waals surface area (Å²) in [6, 6.07) is 30.8. The van der Waals surface area contributed by atoms with E-state index in [4.69, 9.17) is 4.99 Å². The standard InChI is InChI=1S/C35H34BrIN4/c1-21-5-7-23(8-6-21)33(27-14-13-26(39-27)19-31-35(3,4)20-22(2)38-31)28-15-16-29(40-28)34(30-17-18-32(36)41-30)24-9-11-25(37)12-10-24/h5-19,33-34,39-41H,20H2,1-4H3/b31-19-. The number of halogens is 2. The lowest BCUT2D eigenvalue weighted by Gasteiger charge is -2.19. The van der Waals surface area contributed by atoms with Crippen LogP contribution in [0.25, 0.3) is 6.08 Å². The smallest absolute Gasteiger partial charge is 0.0822 e. The molecule has 0 spiro atoms. The Morgan fingerprint density at radius 1 is 0.732 bits per heavy atom. The van der Waals surface area contributed by atoms with Crippen LogP contribution in [0.4, 0.5) is 0 Å². The largest absolute Gasteiger partial charge is 0.361 e. The number of hydrogen-bond donors (Lipinski definition) is 3. The summed E-state index contributed by atoms with van der Waals surface area (Å²) >= 11 is 5.98. The molecule has 0 saturated carbocycles. The summed E-state index contributed by atoms with van der Waals surface area (Å²) in [4.78, 5) is 16.0. The molecular formula is C35H34BrIN4. The van der Waals surface area contributed by atoms with Gasteiger partial charge in [-0.05, 0) is 125 Å². The van der Waals surface area contributed by atoms with E-state index in [9.17, 15) is 0 Å². The van der Waals surface area contributed by atoms with Crippen LogP contribution in [0.3, 0.4) is 0 Å². The number of allylic oxidation sites excluding steroid dienone is 1. The number of aromatic amines is 3. The maximum absolute atomic E-state index is 4.85. The van der Waals surface area contributed by atoms with Crippen molar-refractivity contribution in [1.82, 2.24) is 15.0 Å². The minimum Gasteiger partial charge on any atom is -0.361 e. The van der Waals surface area contributed by atoms with Crippen LogP contribution >= 0.6 is 38.5 Å². The van der Waals surface area contributed by atoms with Crippen LogP contribution < -0.4 is 0 Å². The van der Waals surface area contributed by atoms with Gasteiger partial charge in [0.1, 0.15) is 0 Å². The van der Waals surface area contributed by atoms with Gasteiger partial charge in [0.05, 0.1) is 16.4 Å². The quantitative estimate of drug-likeness (QED) is 0.141. The third-order valence-corrected chi connectivity index (χ3v) is 9.17. The number of aromatic nitrogens is 3. The first-order chi connectivity index (χ1) is 19.7. The number of rotatable bonds is 7. The molecule has 6 heteroatoms. The highest BCUT2D eigenvalue weighted by Crippen LogP contribution is 2.40. The van der Waals surface area contributed by atoms with Crippen LogP contribution in [-0.2, 0) is 0 Å². The van der Waals surface area contributed by atoms with Crippen molar-refractivity contribution < 1.29 is 0 Å². The Kier molecular flexibility index (Phi) is 7.72. The second-order valence-electron chi connectivity index (χ2n) is 11.8. The SMILES string of the molecule is CC1=N/C(=C\c2ccc(C(c3ccc(C)cc3)c3ccc(C(c4ccc(I)cc4)c4ccc(Br)[nH]4)[nH]3)[nH]2)C(C)(C)C1. The lowest BCUT2D eigenvalue weighted by Crippen LogP contribution is -2.10. The number of H-pyrrole nitrogens is 3. The molecule has 0 bridgehead atoms. The van der Waals surface area contributed by atoms with E-state index in [0.717, 1.165) is 45.2 Å². The summed E-state index contributed by atoms with van der Waals surface area (Å²) in [6.07, 6.45) is 3.21. The van der Waals surface area contributed by atoms with Gasteiger partial charge in [-0.15, -0.1) is 0 Å². The van der Waals surface area contributed by atoms with E-state index >= 15 is 0 Å². The second kappa shape index (κ2) is 11.3. The Hall–Kier alpha value is -3.10. The fourth-order valence-electron chi connectivity index (χ4n) is 5.97. The van der Waals surface area contributed by atoms with Gasteiger partial charge in [-0.25, -0.2) is 0 Å². The van der Waals surface area contributed by atoms with Crippen molar-refractivity contribution in [2.24, 2.45) is 10.4 Å². The molecule has 4 heterocycles. The fraction of sp³-hybridized carbons (Fsp3) is 0.229. The molecule has 41 heavy (non-hydrogen) atoms. The van der Waals surface area contributed by atoms with Crippen LogP contribution in [0.15, 0.2) is 100 Å². The topological polar surface area (TPSA) is 59.7 Å². The minimum atomic E-state index is 0.0334. The van der Waals surface area contributed by atoms with Crippen molar-refractivity contribution in [1.29, 1.82) is 0 Å². The second-order valence-corrected chi connectivity index (χ2v) is 13.9. The highest BCUT2D eigenvalue weighted by Gasteiger charge is 2.30. The van der Waals surface area contributed by atoms with Gasteiger partial charge >= 0.3 is 0 Å². The molecule has 2 atom stereocenters. The molecule has 0 aliphatic carbocycles. The first-order valence-electron chi connectivity index (χ1n) is 14.0. The predicted molar refractivity (Wildman–Crippen MR) is 182 cm³/mol. The molecule has 6 rings (SSSR count). The number of nitrogens with zero attached hydrogens (tertiary/aromatic N) is 1. The molecular weight excluding hydrogens is 683 g/mol. The lowest BCUT2D eigenvalue weighted by molar-refractivity contribution is 0.487. The molecule has 0 saturated heterocycles. The number of aryl methyl sites for hydroxylation is 1. The molecule has 2 unspecified atom stereocenters. The van der Waals surface area contributed by atoms with Crippen molar-refractivity contribution in [3.63, 3.8) is 0 Å². The molecule has 1 aliphatic heterocycles. The average molecular weight is 717 g/mol. The molecule has 0 fully saturated rings. The molecule has 1 aliphatic rings. The Balaban J connectivity index is 1.42. The summed E-state index contributed by atoms with van der Waals surface area (Å²) in [5.74, 6) is 0.0893. The maximum atomic E-state index is 4.85. The average Bonchev–Trinajstić information content (AvgIpc) is 3.72. The zero-order valence-corrected chi connectivity index (χ0v) is 27.5. The Morgan fingerprint density at radius 2 is 1.27 bits per heavy atom. The third kappa shape index (κ3) is 5.95. The van der Waals surface area contributed by atoms with Crippen LogP contribution in [0.1, 0.15) is 84.2 Å². The van der Waals surface area contributed by atoms with Gasteiger partial charge in [0.15, 0.2) is 0 Å². The van der Waals surface area contributed by atoms with Crippen LogP contribution in [0.5, 0.6) is 0 Å². The molecule has 0 radical (unpaired) electrons. The van der Waals surface area contributed by atoms with Gasteiger partial charge in [0, 0.05) is 48.9 Å². The van der Waals surface area contributed by atoms with Gasteiger partial charge in [-0.2, -0.15) is 0 Å². The van der Waals surface area contributed by atoms with E-state index in [1.54, 1.807) is 0 Å². The van der Waals surface area contributed by atoms with Crippen LogP contribution in [-0.4, -0.2) is 20.7 Å². The predicted octanol–water partition coefficient (Wildman–Crippen LogP) is 9.94. The van der Waals surface area contributed by atoms with Crippen molar-refractivity contribution in [2.75, 3.05) is 0 Å². The van der Waals surface area contributed by atoms with Gasteiger partial charge in [0.2, 0.25) is 0 Å². The van der Waals surface area contributed by atoms with E-state index in [1.807, 2.05) is 0 Å². The first kappa shape index (κ1) is 28.0. The Morgan fingerprint density at radius 3 is 1.83 bits per heavy atom. The molecule has 0 amide bonds. The summed E-state index contributed by atoms with van der Waals surface area (Å²) in [6.45, 7) is 8.79. The molecule has 208 valence electrons. The number of nitrogens with one attached hydrogen (secondary N) is 3. The maximum Gasteiger partial charge on any atom is 0.0822 e. The zero-order chi connectivity index (χ0) is 28.7. The lowest BCUT2D eigenvalue weighted by atomic mass is 9.86. The highest BCUT2D eigenvalue weighted by molar-refractivity contribution is 14.1. The number of aliphatic imine (C=N–C) groups is 1. The van der Waals surface area contributed by atoms with Crippen molar-refractivity contribution >= 4 is 50.3 Å². The third-order valence-electron chi connectivity index (χ3n) is 7.99. The zero-order valence-electron chi connectivity index (χ0n) is 23.7. The molecule has 4 nitrogen and oxygen atoms in total. The van der Waals surface area contributed by atoms with Gasteiger partial charge in [-0.3, -0.25) is 4.99 Å². The minimum absolute atomic E-state index is 0.0334. The van der Waals surface area contributed by atoms with E-state index in [1.165, 1.54) is 26.0 Å². The van der Waals surface area contributed by atoms with Gasteiger partial charge < -0.3 is 15.0 Å². The molecule has 3 aromatic heterocycles. The number of benzene rings is 2. The van der Waals surface area contributed by atoms with Crippen molar-refractivity contribution in [2.45, 2.75) is 46.0 Å². The summed E-state index contributed by atoms with van der Waals surface area (Å²) in [7, 11) is 0. The Labute approximate surface area is 264 Å². The van der Waals surface area contributed by atoms with Crippen LogP contribution in [0.2, 0.25) is 0 Å². The first-order valence-corrected chi connectivity index (χ1v) is 15.8. The van der Waals surface area contributed by atoms with Gasteiger partial charge in [0.25, 0.3) is 0 Å². The summed E-state index contributed by atoms with van der Waals surface area (Å²) in [5, 5.41) is 0. The van der Waals surface area contributed by atoms with E-state index in [0.29, 0.717) is 0 Å². The van der Waals surface area contributed by atoms with Crippen molar-refractivity contribution in [3.05, 3.63) is 144 Å². The fourth-order valence-corrected chi connectivity index (χ4v) is 6.69. The van der Waals surface area contributed by atoms with Gasteiger partial charge in [-0.1, -0.05) is 55.8 Å². The molecule has 5 aromatic rings. The van der Waals surface area contributed by atoms with Crippen LogP contribution in [0, 0.1) is 15.9 Å².